The summed E-state index contributed by atoms with van der Waals surface area (Å²) in [6.07, 6.45) is 4.61. The van der Waals surface area contributed by atoms with Crippen molar-refractivity contribution in [1.29, 1.82) is 0 Å². The maximum Gasteiger partial charge on any atom is 0.407 e. The number of carbonyl (C=O) groups is 5. The topological polar surface area (TPSA) is 172 Å². The Bertz CT molecular complexity index is 1750. The molecule has 0 radical (unpaired) electrons. The normalized spacial score (nSPS) is 16.2. The van der Waals surface area contributed by atoms with E-state index in [0.717, 1.165) is 70.3 Å². The molecule has 60 heavy (non-hydrogen) atoms. The quantitative estimate of drug-likeness (QED) is 0.191. The van der Waals surface area contributed by atoms with Crippen molar-refractivity contribution in [3.8, 4) is 0 Å². The first-order valence-electron chi connectivity index (χ1n) is 20.8. The maximum absolute atomic E-state index is 12.3. The Kier molecular flexibility index (Phi) is 20.5. The van der Waals surface area contributed by atoms with Crippen LogP contribution in [0.2, 0.25) is 0 Å². The number of nitrogens with zero attached hydrogens (tertiary/aromatic N) is 2. The smallest absolute Gasteiger partial charge is 0.407 e. The second kappa shape index (κ2) is 24.9. The fourth-order valence-electron chi connectivity index (χ4n) is 6.34. The van der Waals surface area contributed by atoms with Crippen LogP contribution in [0.25, 0.3) is 0 Å². The minimum Gasteiger partial charge on any atom is -0.444 e. The molecule has 0 atom stereocenters. The van der Waals surface area contributed by atoms with Gasteiger partial charge in [0.15, 0.2) is 0 Å². The van der Waals surface area contributed by atoms with Crippen molar-refractivity contribution in [2.45, 2.75) is 109 Å². The summed E-state index contributed by atoms with van der Waals surface area (Å²) in [5.74, 6) is 0.179. The number of benzene rings is 3. The Labute approximate surface area is 361 Å². The molecular formula is C46H65ClN6O7. The molecule has 4 amide bonds. The highest BCUT2D eigenvalue weighted by Crippen LogP contribution is 2.16. The van der Waals surface area contributed by atoms with Crippen LogP contribution in [0.3, 0.4) is 0 Å². The van der Waals surface area contributed by atoms with Crippen LogP contribution in [0.1, 0.15) is 111 Å². The van der Waals surface area contributed by atoms with Gasteiger partial charge in [-0.3, -0.25) is 14.4 Å². The Balaban J connectivity index is 0.000000223. The van der Waals surface area contributed by atoms with E-state index in [2.05, 4.69) is 16.0 Å². The lowest BCUT2D eigenvalue weighted by Gasteiger charge is -2.33. The van der Waals surface area contributed by atoms with E-state index in [-0.39, 0.29) is 42.1 Å². The first-order chi connectivity index (χ1) is 28.4. The molecule has 3 fully saturated rings. The minimum atomic E-state index is -0.492. The zero-order valence-corrected chi connectivity index (χ0v) is 36.8. The monoisotopic (exact) mass is 848 g/mol. The van der Waals surface area contributed by atoms with Gasteiger partial charge < -0.3 is 41.0 Å². The molecule has 14 heteroatoms. The summed E-state index contributed by atoms with van der Waals surface area (Å²) in [4.78, 5) is 61.6. The van der Waals surface area contributed by atoms with Crippen LogP contribution >= 0.6 is 11.6 Å². The number of nitrogens with two attached hydrogens (primary N) is 1. The van der Waals surface area contributed by atoms with Crippen molar-refractivity contribution >= 4 is 40.8 Å². The molecule has 0 unspecified atom stereocenters. The van der Waals surface area contributed by atoms with Crippen molar-refractivity contribution in [3.05, 3.63) is 108 Å². The van der Waals surface area contributed by atoms with E-state index in [0.29, 0.717) is 24.2 Å². The summed E-state index contributed by atoms with van der Waals surface area (Å²) in [7, 11) is 0. The fraction of sp³-hybridized carbons (Fsp3) is 0.500. The van der Waals surface area contributed by atoms with Gasteiger partial charge in [0, 0.05) is 61.0 Å². The molecule has 328 valence electrons. The molecule has 0 saturated carbocycles. The zero-order chi connectivity index (χ0) is 44.1. The molecule has 0 spiro atoms. The van der Waals surface area contributed by atoms with Crippen LogP contribution in [0.15, 0.2) is 91.0 Å². The first kappa shape index (κ1) is 49.4. The van der Waals surface area contributed by atoms with E-state index in [9.17, 15) is 24.0 Å². The van der Waals surface area contributed by atoms with E-state index < -0.39 is 16.4 Å². The molecule has 3 aromatic carbocycles. The van der Waals surface area contributed by atoms with Crippen LogP contribution < -0.4 is 21.7 Å². The van der Waals surface area contributed by atoms with Gasteiger partial charge in [-0.1, -0.05) is 66.7 Å². The number of ether oxygens (including phenoxy) is 2. The largest absolute Gasteiger partial charge is 0.444 e. The average Bonchev–Trinajstić information content (AvgIpc) is 3.21. The molecule has 0 bridgehead atoms. The molecule has 13 nitrogen and oxygen atoms in total. The molecule has 0 aliphatic carbocycles. The number of carbonyl (C=O) groups excluding carboxylic acids is 5. The van der Waals surface area contributed by atoms with Crippen LogP contribution in [-0.4, -0.2) is 108 Å². The lowest BCUT2D eigenvalue weighted by Crippen LogP contribution is -2.47. The second-order valence-electron chi connectivity index (χ2n) is 16.9. The standard InChI is InChI=1S/C17H24N2O3.C12H16N2O.C10H20N2O2.C7H5ClO/c1-17(2,3)22-16(21)18-14-9-11-19(12-10-14)15(20)13-7-5-4-6-8-13;13-11-6-8-14(9-7-11)12(15)10-4-2-1-3-5-10;1-10(2,3)14-9(13)12-8-4-6-11-7-5-8;8-7(9)6-4-2-1-3-5-6/h4-8,14H,9-12H2,1-3H3,(H,18,21);1-5,11H,6-9,13H2;8,11H,4-7H2,1-3H3,(H,12,13);1-5H. The lowest BCUT2D eigenvalue weighted by atomic mass is 10.0. The molecule has 3 saturated heterocycles. The summed E-state index contributed by atoms with van der Waals surface area (Å²) in [5.41, 5.74) is 6.92. The highest BCUT2D eigenvalue weighted by molar-refractivity contribution is 6.67. The molecule has 3 aromatic rings. The number of nitrogens with one attached hydrogen (secondary N) is 3. The van der Waals surface area contributed by atoms with Gasteiger partial charge in [0.1, 0.15) is 11.2 Å². The second-order valence-corrected chi connectivity index (χ2v) is 17.2. The summed E-state index contributed by atoms with van der Waals surface area (Å²) < 4.78 is 10.4. The van der Waals surface area contributed by atoms with Crippen molar-refractivity contribution in [2.24, 2.45) is 5.73 Å². The third kappa shape index (κ3) is 19.8. The van der Waals surface area contributed by atoms with E-state index in [1.165, 1.54) is 0 Å². The van der Waals surface area contributed by atoms with Crippen molar-refractivity contribution in [2.75, 3.05) is 39.3 Å². The highest BCUT2D eigenvalue weighted by Gasteiger charge is 2.26. The van der Waals surface area contributed by atoms with Crippen LogP contribution in [0.5, 0.6) is 0 Å². The number of alkyl carbamates (subject to hydrolysis) is 2. The van der Waals surface area contributed by atoms with Gasteiger partial charge in [0.25, 0.3) is 17.1 Å². The number of amides is 4. The fourth-order valence-corrected chi connectivity index (χ4v) is 6.47. The molecule has 3 aliphatic heterocycles. The number of hydrogen-bond acceptors (Lipinski definition) is 9. The number of hydrogen-bond donors (Lipinski definition) is 4. The third-order valence-electron chi connectivity index (χ3n) is 9.43. The highest BCUT2D eigenvalue weighted by atomic mass is 35.5. The molecule has 6 rings (SSSR count). The van der Waals surface area contributed by atoms with Crippen molar-refractivity contribution < 1.29 is 33.4 Å². The van der Waals surface area contributed by atoms with Gasteiger partial charge in [-0.2, -0.15) is 0 Å². The van der Waals surface area contributed by atoms with Crippen LogP contribution in [0, 0.1) is 0 Å². The SMILES string of the molecule is CC(C)(C)OC(=O)NC1CCN(C(=O)c2ccccc2)CC1.CC(C)(C)OC(=O)NC1CCNCC1.NC1CCN(C(=O)c2ccccc2)CC1.O=C(Cl)c1ccccc1. The van der Waals surface area contributed by atoms with E-state index >= 15 is 0 Å². The summed E-state index contributed by atoms with van der Waals surface area (Å²) in [6, 6.07) is 28.0. The number of likely N-dealkylation sites (tertiary alicyclic amines) is 2. The molecule has 3 heterocycles. The van der Waals surface area contributed by atoms with Crippen molar-refractivity contribution in [3.63, 3.8) is 0 Å². The predicted molar refractivity (Wildman–Crippen MR) is 236 cm³/mol. The predicted octanol–water partition coefficient (Wildman–Crippen LogP) is 7.39. The Morgan fingerprint density at radius 1 is 0.567 bits per heavy atom. The van der Waals surface area contributed by atoms with Gasteiger partial charge in [-0.05, 0) is 129 Å². The first-order valence-corrected chi connectivity index (χ1v) is 21.2. The number of halogens is 1. The molecular weight excluding hydrogens is 784 g/mol. The van der Waals surface area contributed by atoms with Gasteiger partial charge in [-0.25, -0.2) is 9.59 Å². The summed E-state index contributed by atoms with van der Waals surface area (Å²) >= 11 is 5.16. The van der Waals surface area contributed by atoms with E-state index in [1.54, 1.807) is 24.3 Å². The number of rotatable bonds is 5. The Morgan fingerprint density at radius 3 is 1.23 bits per heavy atom. The molecule has 0 aromatic heterocycles. The van der Waals surface area contributed by atoms with E-state index in [4.69, 9.17) is 26.8 Å². The van der Waals surface area contributed by atoms with Gasteiger partial charge in [-0.15, -0.1) is 0 Å². The van der Waals surface area contributed by atoms with Gasteiger partial charge in [0.05, 0.1) is 0 Å². The summed E-state index contributed by atoms with van der Waals surface area (Å²) in [6.45, 7) is 15.9. The third-order valence-corrected chi connectivity index (χ3v) is 9.65. The van der Waals surface area contributed by atoms with E-state index in [1.807, 2.05) is 118 Å². The minimum absolute atomic E-state index is 0.0521. The van der Waals surface area contributed by atoms with Gasteiger partial charge >= 0.3 is 12.2 Å². The van der Waals surface area contributed by atoms with Crippen LogP contribution in [0.4, 0.5) is 9.59 Å². The Morgan fingerprint density at radius 2 is 0.900 bits per heavy atom. The van der Waals surface area contributed by atoms with Crippen molar-refractivity contribution in [1.82, 2.24) is 25.8 Å². The average molecular weight is 850 g/mol. The molecule has 5 N–H and O–H groups in total. The maximum atomic E-state index is 12.3. The summed E-state index contributed by atoms with van der Waals surface area (Å²) in [5, 5.41) is 8.59. The zero-order valence-electron chi connectivity index (χ0n) is 36.1. The number of piperidine rings is 3. The van der Waals surface area contributed by atoms with Gasteiger partial charge in [0.2, 0.25) is 0 Å². The lowest BCUT2D eigenvalue weighted by molar-refractivity contribution is 0.0466. The van der Waals surface area contributed by atoms with Crippen LogP contribution in [-0.2, 0) is 9.47 Å². The Hall–Kier alpha value is -4.98. The molecule has 3 aliphatic rings.